The first-order chi connectivity index (χ1) is 10.2. The van der Waals surface area contributed by atoms with Gasteiger partial charge in [-0.15, -0.1) is 0 Å². The predicted octanol–water partition coefficient (Wildman–Crippen LogP) is 3.71. The van der Waals surface area contributed by atoms with Crippen LogP contribution in [0.4, 0.5) is 0 Å². The van der Waals surface area contributed by atoms with Crippen molar-refractivity contribution >= 4 is 22.5 Å². The number of rotatable bonds is 3. The Balaban J connectivity index is 2.05. The highest BCUT2D eigenvalue weighted by molar-refractivity contribution is 6.31. The highest BCUT2D eigenvalue weighted by Gasteiger charge is 2.08. The standard InChI is InChI=1S/C17H13ClN2O/c18-16-8-12(9-19)4-5-14(16)10-20-7-6-13-2-1-3-15(11-21)17(13)20/h1-8,21H,10-11H2. The maximum absolute atomic E-state index is 9.49. The number of benzene rings is 2. The molecule has 0 bridgehead atoms. The molecule has 3 nitrogen and oxygen atoms in total. The van der Waals surface area contributed by atoms with E-state index in [1.807, 2.05) is 36.5 Å². The third-order valence-corrected chi connectivity index (χ3v) is 3.92. The molecule has 0 aliphatic carbocycles. The topological polar surface area (TPSA) is 49.0 Å². The van der Waals surface area contributed by atoms with Crippen molar-refractivity contribution in [2.45, 2.75) is 13.2 Å². The fourth-order valence-electron chi connectivity index (χ4n) is 2.53. The zero-order valence-electron chi connectivity index (χ0n) is 11.3. The first kappa shape index (κ1) is 13.7. The minimum Gasteiger partial charge on any atom is -0.392 e. The van der Waals surface area contributed by atoms with Gasteiger partial charge < -0.3 is 9.67 Å². The molecule has 0 spiro atoms. The summed E-state index contributed by atoms with van der Waals surface area (Å²) < 4.78 is 2.06. The van der Waals surface area contributed by atoms with Crippen LogP contribution in [0.25, 0.3) is 10.9 Å². The lowest BCUT2D eigenvalue weighted by Gasteiger charge is -2.10. The van der Waals surface area contributed by atoms with Gasteiger partial charge >= 0.3 is 0 Å². The van der Waals surface area contributed by atoms with Crippen LogP contribution in [0, 0.1) is 11.3 Å². The van der Waals surface area contributed by atoms with Crippen LogP contribution in [-0.2, 0) is 13.2 Å². The van der Waals surface area contributed by atoms with Crippen LogP contribution >= 0.6 is 11.6 Å². The molecule has 0 unspecified atom stereocenters. The number of nitriles is 1. The molecule has 2 aromatic carbocycles. The van der Waals surface area contributed by atoms with E-state index in [0.717, 1.165) is 22.0 Å². The number of hydrogen-bond donors (Lipinski definition) is 1. The van der Waals surface area contributed by atoms with E-state index in [0.29, 0.717) is 17.1 Å². The molecule has 0 saturated carbocycles. The van der Waals surface area contributed by atoms with Crippen LogP contribution < -0.4 is 0 Å². The minimum absolute atomic E-state index is 0.00244. The second kappa shape index (κ2) is 5.61. The van der Waals surface area contributed by atoms with Crippen LogP contribution in [0.1, 0.15) is 16.7 Å². The number of aliphatic hydroxyl groups excluding tert-OH is 1. The molecule has 0 aliphatic rings. The Hall–Kier alpha value is -2.28. The number of aliphatic hydroxyl groups is 1. The lowest BCUT2D eigenvalue weighted by Crippen LogP contribution is -2.01. The van der Waals surface area contributed by atoms with Gasteiger partial charge in [0.2, 0.25) is 0 Å². The molecule has 1 N–H and O–H groups in total. The van der Waals surface area contributed by atoms with E-state index in [2.05, 4.69) is 10.6 Å². The van der Waals surface area contributed by atoms with Crippen molar-refractivity contribution in [3.63, 3.8) is 0 Å². The van der Waals surface area contributed by atoms with E-state index in [1.165, 1.54) is 0 Å². The van der Waals surface area contributed by atoms with Crippen LogP contribution in [-0.4, -0.2) is 9.67 Å². The highest BCUT2D eigenvalue weighted by atomic mass is 35.5. The van der Waals surface area contributed by atoms with Crippen molar-refractivity contribution in [3.8, 4) is 6.07 Å². The number of nitrogens with zero attached hydrogens (tertiary/aromatic N) is 2. The lowest BCUT2D eigenvalue weighted by atomic mass is 10.1. The van der Waals surface area contributed by atoms with Gasteiger partial charge in [-0.05, 0) is 29.1 Å². The van der Waals surface area contributed by atoms with Gasteiger partial charge in [0.05, 0.1) is 23.8 Å². The molecule has 3 rings (SSSR count). The summed E-state index contributed by atoms with van der Waals surface area (Å²) in [5.41, 5.74) is 3.40. The molecule has 0 fully saturated rings. The smallest absolute Gasteiger partial charge is 0.0992 e. The van der Waals surface area contributed by atoms with Crippen molar-refractivity contribution in [3.05, 3.63) is 70.4 Å². The van der Waals surface area contributed by atoms with Crippen molar-refractivity contribution in [2.24, 2.45) is 0 Å². The van der Waals surface area contributed by atoms with Gasteiger partial charge in [-0.2, -0.15) is 5.26 Å². The second-order valence-corrected chi connectivity index (χ2v) is 5.28. The Labute approximate surface area is 127 Å². The molecule has 0 aliphatic heterocycles. The van der Waals surface area contributed by atoms with Crippen LogP contribution in [0.3, 0.4) is 0 Å². The zero-order valence-corrected chi connectivity index (χ0v) is 12.0. The lowest BCUT2D eigenvalue weighted by molar-refractivity contribution is 0.283. The number of aromatic nitrogens is 1. The van der Waals surface area contributed by atoms with Crippen molar-refractivity contribution in [1.29, 1.82) is 5.26 Å². The molecule has 3 aromatic rings. The fourth-order valence-corrected chi connectivity index (χ4v) is 2.77. The Morgan fingerprint density at radius 1 is 1.14 bits per heavy atom. The summed E-state index contributed by atoms with van der Waals surface area (Å²) in [4.78, 5) is 0. The molecule has 0 radical (unpaired) electrons. The first-order valence-corrected chi connectivity index (χ1v) is 6.97. The van der Waals surface area contributed by atoms with E-state index >= 15 is 0 Å². The van der Waals surface area contributed by atoms with Gasteiger partial charge in [0.1, 0.15) is 0 Å². The van der Waals surface area contributed by atoms with Gasteiger partial charge in [0, 0.05) is 23.3 Å². The normalized spacial score (nSPS) is 10.7. The van der Waals surface area contributed by atoms with Crippen LogP contribution in [0.2, 0.25) is 5.02 Å². The molecule has 21 heavy (non-hydrogen) atoms. The number of para-hydroxylation sites is 1. The zero-order chi connectivity index (χ0) is 14.8. The van der Waals surface area contributed by atoms with E-state index in [1.54, 1.807) is 12.1 Å². The molecular formula is C17H13ClN2O. The van der Waals surface area contributed by atoms with E-state index in [-0.39, 0.29) is 6.61 Å². The average Bonchev–Trinajstić information content (AvgIpc) is 2.92. The molecule has 0 amide bonds. The van der Waals surface area contributed by atoms with Gasteiger partial charge in [0.25, 0.3) is 0 Å². The third-order valence-electron chi connectivity index (χ3n) is 3.57. The molecule has 0 atom stereocenters. The maximum atomic E-state index is 9.49. The quantitative estimate of drug-likeness (QED) is 0.801. The largest absolute Gasteiger partial charge is 0.392 e. The van der Waals surface area contributed by atoms with Crippen molar-refractivity contribution in [2.75, 3.05) is 0 Å². The molecule has 1 heterocycles. The Bertz CT molecular complexity index is 846. The Kier molecular flexibility index (Phi) is 3.66. The predicted molar refractivity (Wildman–Crippen MR) is 83.1 cm³/mol. The summed E-state index contributed by atoms with van der Waals surface area (Å²) in [5, 5.41) is 20.0. The monoisotopic (exact) mass is 296 g/mol. The van der Waals surface area contributed by atoms with Gasteiger partial charge in [0.15, 0.2) is 0 Å². The maximum Gasteiger partial charge on any atom is 0.0992 e. The summed E-state index contributed by atoms with van der Waals surface area (Å²) in [5.74, 6) is 0. The molecular weight excluding hydrogens is 284 g/mol. The number of fused-ring (bicyclic) bond motifs is 1. The SMILES string of the molecule is N#Cc1ccc(Cn2ccc3cccc(CO)c32)c(Cl)c1. The summed E-state index contributed by atoms with van der Waals surface area (Å²) in [6.45, 7) is 0.605. The van der Waals surface area contributed by atoms with Gasteiger partial charge in [-0.25, -0.2) is 0 Å². The number of hydrogen-bond acceptors (Lipinski definition) is 2. The van der Waals surface area contributed by atoms with E-state index in [4.69, 9.17) is 16.9 Å². The summed E-state index contributed by atoms with van der Waals surface area (Å²) in [7, 11) is 0. The second-order valence-electron chi connectivity index (χ2n) is 4.87. The molecule has 4 heteroatoms. The first-order valence-electron chi connectivity index (χ1n) is 6.59. The van der Waals surface area contributed by atoms with Crippen molar-refractivity contribution < 1.29 is 5.11 Å². The summed E-state index contributed by atoms with van der Waals surface area (Å²) >= 11 is 6.24. The third kappa shape index (κ3) is 2.52. The van der Waals surface area contributed by atoms with Gasteiger partial charge in [-0.1, -0.05) is 35.9 Å². The minimum atomic E-state index is 0.00244. The molecule has 104 valence electrons. The summed E-state index contributed by atoms with van der Waals surface area (Å²) in [6.07, 6.45) is 1.98. The van der Waals surface area contributed by atoms with Crippen LogP contribution in [0.5, 0.6) is 0 Å². The van der Waals surface area contributed by atoms with Crippen molar-refractivity contribution in [1.82, 2.24) is 4.57 Å². The number of halogens is 1. The Morgan fingerprint density at radius 2 is 2.00 bits per heavy atom. The molecule has 1 aromatic heterocycles. The highest BCUT2D eigenvalue weighted by Crippen LogP contribution is 2.24. The van der Waals surface area contributed by atoms with E-state index < -0.39 is 0 Å². The Morgan fingerprint density at radius 3 is 2.71 bits per heavy atom. The van der Waals surface area contributed by atoms with E-state index in [9.17, 15) is 5.11 Å². The molecule has 0 saturated heterocycles. The fraction of sp³-hybridized carbons (Fsp3) is 0.118. The van der Waals surface area contributed by atoms with Gasteiger partial charge in [-0.3, -0.25) is 0 Å². The summed E-state index contributed by atoms with van der Waals surface area (Å²) in [6, 6.07) is 15.3. The average molecular weight is 297 g/mol. The van der Waals surface area contributed by atoms with Crippen LogP contribution in [0.15, 0.2) is 48.7 Å².